The number of piperazine rings is 1. The fraction of sp³-hybridized carbons (Fsp3) is 0.647. The van der Waals surface area contributed by atoms with Crippen LogP contribution in [-0.2, 0) is 6.18 Å². The summed E-state index contributed by atoms with van der Waals surface area (Å²) in [5.74, 6) is 0. The number of alkyl halides is 3. The smallest absolute Gasteiger partial charge is 0.314 e. The highest BCUT2D eigenvalue weighted by atomic mass is 79.9. The van der Waals surface area contributed by atoms with Crippen LogP contribution in [-0.4, -0.2) is 31.1 Å². The van der Waals surface area contributed by atoms with Gasteiger partial charge in [-0.05, 0) is 30.2 Å². The van der Waals surface area contributed by atoms with Crippen molar-refractivity contribution in [1.82, 2.24) is 10.2 Å². The maximum absolute atomic E-state index is 13.1. The monoisotopic (exact) mass is 464 g/mol. The largest absolute Gasteiger partial charge is 0.416 e. The van der Waals surface area contributed by atoms with Crippen LogP contribution >= 0.6 is 40.7 Å². The van der Waals surface area contributed by atoms with Crippen LogP contribution in [0.3, 0.4) is 0 Å². The lowest BCUT2D eigenvalue weighted by molar-refractivity contribution is -0.137. The topological polar surface area (TPSA) is 15.3 Å². The molecule has 1 aliphatic heterocycles. The number of rotatable bonds is 6. The summed E-state index contributed by atoms with van der Waals surface area (Å²) in [4.78, 5) is 2.31. The van der Waals surface area contributed by atoms with Crippen LogP contribution in [0.5, 0.6) is 0 Å². The van der Waals surface area contributed by atoms with Crippen LogP contribution in [0.15, 0.2) is 22.7 Å². The zero-order chi connectivity index (χ0) is 16.9. The predicted octanol–water partition coefficient (Wildman–Crippen LogP) is 5.84. The van der Waals surface area contributed by atoms with Gasteiger partial charge in [-0.15, -0.1) is 24.8 Å². The third-order valence-corrected chi connectivity index (χ3v) is 5.08. The Labute approximate surface area is 168 Å². The van der Waals surface area contributed by atoms with Gasteiger partial charge in [0.2, 0.25) is 0 Å². The molecule has 1 heterocycles. The van der Waals surface area contributed by atoms with Crippen molar-refractivity contribution in [1.29, 1.82) is 0 Å². The fourth-order valence-corrected chi connectivity index (χ4v) is 3.60. The van der Waals surface area contributed by atoms with Crippen molar-refractivity contribution in [2.24, 2.45) is 0 Å². The highest BCUT2D eigenvalue weighted by Gasteiger charge is 2.32. The van der Waals surface area contributed by atoms with Gasteiger partial charge >= 0.3 is 6.18 Å². The van der Waals surface area contributed by atoms with E-state index in [2.05, 4.69) is 33.1 Å². The number of halogens is 6. The Hall–Kier alpha value is -0.0100. The summed E-state index contributed by atoms with van der Waals surface area (Å²) in [5.41, 5.74) is 0.198. The molecule has 1 aromatic carbocycles. The Bertz CT molecular complexity index is 509. The second kappa shape index (κ2) is 11.7. The highest BCUT2D eigenvalue weighted by molar-refractivity contribution is 9.10. The quantitative estimate of drug-likeness (QED) is 0.531. The molecule has 25 heavy (non-hydrogen) atoms. The van der Waals surface area contributed by atoms with E-state index in [1.807, 2.05) is 0 Å². The van der Waals surface area contributed by atoms with Crippen LogP contribution in [0, 0.1) is 0 Å². The van der Waals surface area contributed by atoms with Gasteiger partial charge in [0.1, 0.15) is 0 Å². The molecule has 1 atom stereocenters. The maximum Gasteiger partial charge on any atom is 0.416 e. The summed E-state index contributed by atoms with van der Waals surface area (Å²) in [6.07, 6.45) is -0.147. The average Bonchev–Trinajstić information content (AvgIpc) is 2.52. The first-order valence-corrected chi connectivity index (χ1v) is 9.04. The van der Waals surface area contributed by atoms with Crippen molar-refractivity contribution in [3.8, 4) is 0 Å². The van der Waals surface area contributed by atoms with E-state index in [1.165, 1.54) is 12.1 Å². The van der Waals surface area contributed by atoms with Crippen molar-refractivity contribution in [3.63, 3.8) is 0 Å². The van der Waals surface area contributed by atoms with E-state index in [0.29, 0.717) is 0 Å². The minimum absolute atomic E-state index is 0. The number of benzene rings is 1. The normalized spacial score (nSPS) is 16.7. The molecule has 0 amide bonds. The van der Waals surface area contributed by atoms with E-state index < -0.39 is 11.7 Å². The Kier molecular flexibility index (Phi) is 11.6. The summed E-state index contributed by atoms with van der Waals surface area (Å²) < 4.78 is 40.0. The Morgan fingerprint density at radius 3 is 2.36 bits per heavy atom. The van der Waals surface area contributed by atoms with E-state index in [9.17, 15) is 13.2 Å². The number of hydrogen-bond donors (Lipinski definition) is 1. The van der Waals surface area contributed by atoms with Crippen LogP contribution in [0.1, 0.15) is 49.8 Å². The number of nitrogens with zero attached hydrogens (tertiary/aromatic N) is 1. The second-order valence-electron chi connectivity index (χ2n) is 6.03. The van der Waals surface area contributed by atoms with E-state index in [1.54, 1.807) is 0 Å². The molecule has 0 saturated carbocycles. The van der Waals surface area contributed by atoms with Gasteiger partial charge < -0.3 is 5.32 Å². The molecule has 0 aliphatic carbocycles. The molecule has 146 valence electrons. The number of hydrogen-bond acceptors (Lipinski definition) is 2. The van der Waals surface area contributed by atoms with Gasteiger partial charge in [0.15, 0.2) is 0 Å². The molecule has 1 N–H and O–H groups in total. The first-order chi connectivity index (χ1) is 10.9. The minimum Gasteiger partial charge on any atom is -0.314 e. The molecular weight excluding hydrogens is 440 g/mol. The van der Waals surface area contributed by atoms with Crippen LogP contribution < -0.4 is 5.32 Å². The molecule has 1 saturated heterocycles. The molecule has 1 aromatic rings. The standard InChI is InChI=1S/C17H24BrF3N2.2ClH/c1-2-3-4-5-16(23-10-8-22-9-11-23)14-12-13(17(19,20)21)6-7-15(14)18;;/h6-7,12,16,22H,2-5,8-11H2,1H3;2*1H/t16-;;/m0../s1. The van der Waals surface area contributed by atoms with E-state index >= 15 is 0 Å². The summed E-state index contributed by atoms with van der Waals surface area (Å²) in [7, 11) is 0. The van der Waals surface area contributed by atoms with Crippen molar-refractivity contribution in [3.05, 3.63) is 33.8 Å². The molecule has 0 unspecified atom stereocenters. The summed E-state index contributed by atoms with van der Waals surface area (Å²) >= 11 is 3.46. The minimum atomic E-state index is -4.30. The van der Waals surface area contributed by atoms with E-state index in [-0.39, 0.29) is 30.9 Å². The van der Waals surface area contributed by atoms with Gasteiger partial charge in [0.05, 0.1) is 5.56 Å². The zero-order valence-corrected chi connectivity index (χ0v) is 17.5. The third-order valence-electron chi connectivity index (χ3n) is 4.36. The Morgan fingerprint density at radius 2 is 1.80 bits per heavy atom. The lowest BCUT2D eigenvalue weighted by Crippen LogP contribution is -2.45. The summed E-state index contributed by atoms with van der Waals surface area (Å²) in [6, 6.07) is 4.05. The van der Waals surface area contributed by atoms with Gasteiger partial charge in [-0.1, -0.05) is 42.1 Å². The Balaban J connectivity index is 0.00000288. The molecule has 8 heteroatoms. The lowest BCUT2D eigenvalue weighted by Gasteiger charge is -2.36. The van der Waals surface area contributed by atoms with Crippen molar-refractivity contribution < 1.29 is 13.2 Å². The molecule has 0 radical (unpaired) electrons. The van der Waals surface area contributed by atoms with Gasteiger partial charge in [-0.3, -0.25) is 4.90 Å². The molecule has 2 nitrogen and oxygen atoms in total. The van der Waals surface area contributed by atoms with Gasteiger partial charge in [0.25, 0.3) is 0 Å². The van der Waals surface area contributed by atoms with Gasteiger partial charge in [-0.25, -0.2) is 0 Å². The molecule has 1 aliphatic rings. The predicted molar refractivity (Wildman–Crippen MR) is 105 cm³/mol. The van der Waals surface area contributed by atoms with Gasteiger partial charge in [-0.2, -0.15) is 13.2 Å². The number of unbranched alkanes of at least 4 members (excludes halogenated alkanes) is 2. The Morgan fingerprint density at radius 1 is 1.16 bits per heavy atom. The van der Waals surface area contributed by atoms with E-state index in [0.717, 1.165) is 68.0 Å². The summed E-state index contributed by atoms with van der Waals surface area (Å²) in [5, 5.41) is 3.31. The highest BCUT2D eigenvalue weighted by Crippen LogP contribution is 2.37. The van der Waals surface area contributed by atoms with Crippen LogP contribution in [0.4, 0.5) is 13.2 Å². The second-order valence-corrected chi connectivity index (χ2v) is 6.89. The first kappa shape index (κ1) is 25.0. The number of nitrogens with one attached hydrogen (secondary N) is 1. The SMILES string of the molecule is CCCCC[C@@H](c1cc(C(F)(F)F)ccc1Br)N1CCNCC1.Cl.Cl. The molecule has 2 rings (SSSR count). The van der Waals surface area contributed by atoms with Crippen LogP contribution in [0.25, 0.3) is 0 Å². The van der Waals surface area contributed by atoms with Gasteiger partial charge in [0, 0.05) is 36.7 Å². The molecule has 0 spiro atoms. The van der Waals surface area contributed by atoms with Crippen LogP contribution in [0.2, 0.25) is 0 Å². The molecule has 1 fully saturated rings. The molecule has 0 aromatic heterocycles. The zero-order valence-electron chi connectivity index (χ0n) is 14.2. The summed E-state index contributed by atoms with van der Waals surface area (Å²) in [6.45, 7) is 5.67. The maximum atomic E-state index is 13.1. The van der Waals surface area contributed by atoms with Crippen molar-refractivity contribution in [2.75, 3.05) is 26.2 Å². The lowest BCUT2D eigenvalue weighted by atomic mass is 9.96. The van der Waals surface area contributed by atoms with Crippen molar-refractivity contribution in [2.45, 2.75) is 44.8 Å². The van der Waals surface area contributed by atoms with E-state index in [4.69, 9.17) is 0 Å². The van der Waals surface area contributed by atoms with Crippen molar-refractivity contribution >= 4 is 40.7 Å². The third kappa shape index (κ3) is 7.25. The molecular formula is C17H26BrCl2F3N2. The fourth-order valence-electron chi connectivity index (χ4n) is 3.09. The average molecular weight is 466 g/mol. The first-order valence-electron chi connectivity index (χ1n) is 8.25. The molecule has 0 bridgehead atoms.